The van der Waals surface area contributed by atoms with Crippen molar-refractivity contribution in [3.63, 3.8) is 0 Å². The molecule has 3 aromatic rings. The number of pyridine rings is 1. The summed E-state index contributed by atoms with van der Waals surface area (Å²) in [7, 11) is 0. The number of furan rings is 1. The number of anilines is 2. The number of nitrogens with zero attached hydrogens (tertiary/aromatic N) is 4. The molecule has 28 heavy (non-hydrogen) atoms. The maximum atomic E-state index is 12.0. The average molecular weight is 394 g/mol. The van der Waals surface area contributed by atoms with Gasteiger partial charge in [-0.3, -0.25) is 4.79 Å². The number of thioether (sulfide) groups is 1. The molecular formula is C18H14N6O3S. The summed E-state index contributed by atoms with van der Waals surface area (Å²) in [6.45, 7) is 1.72. The van der Waals surface area contributed by atoms with Crippen molar-refractivity contribution in [1.82, 2.24) is 10.1 Å². The quantitative estimate of drug-likeness (QED) is 0.600. The fraction of sp³-hybridized carbons (Fsp3) is 0.167. The molecule has 0 spiro atoms. The molecule has 0 aliphatic rings. The highest BCUT2D eigenvalue weighted by molar-refractivity contribution is 7.99. The Balaban J connectivity index is 1.78. The van der Waals surface area contributed by atoms with E-state index in [1.165, 1.54) is 18.0 Å². The van der Waals surface area contributed by atoms with Gasteiger partial charge in [-0.1, -0.05) is 5.16 Å². The van der Waals surface area contributed by atoms with Gasteiger partial charge in [0.05, 0.1) is 17.4 Å². The Hall–Kier alpha value is -3.76. The summed E-state index contributed by atoms with van der Waals surface area (Å²) in [5.74, 6) is 1.36. The van der Waals surface area contributed by atoms with Crippen LogP contribution in [-0.2, 0) is 4.79 Å². The Morgan fingerprint density at radius 3 is 2.75 bits per heavy atom. The summed E-state index contributed by atoms with van der Waals surface area (Å²) >= 11 is 1.19. The van der Waals surface area contributed by atoms with E-state index in [4.69, 9.17) is 14.7 Å². The fourth-order valence-corrected chi connectivity index (χ4v) is 3.38. The smallest absolute Gasteiger partial charge is 0.226 e. The molecule has 3 aromatic heterocycles. The molecule has 1 amide bonds. The van der Waals surface area contributed by atoms with E-state index in [1.54, 1.807) is 25.1 Å². The first kappa shape index (κ1) is 19.0. The first-order valence-electron chi connectivity index (χ1n) is 8.07. The van der Waals surface area contributed by atoms with Crippen molar-refractivity contribution in [3.05, 3.63) is 41.3 Å². The molecule has 0 saturated carbocycles. The summed E-state index contributed by atoms with van der Waals surface area (Å²) in [4.78, 5) is 16.2. The van der Waals surface area contributed by atoms with Crippen molar-refractivity contribution in [2.75, 3.05) is 16.8 Å². The molecule has 3 rings (SSSR count). The number of nitrogen functional groups attached to an aromatic ring is 1. The third kappa shape index (κ3) is 3.98. The molecule has 9 nitrogen and oxygen atoms in total. The van der Waals surface area contributed by atoms with Crippen LogP contribution in [0, 0.1) is 29.6 Å². The fourth-order valence-electron chi connectivity index (χ4n) is 2.44. The van der Waals surface area contributed by atoms with Crippen LogP contribution in [-0.4, -0.2) is 21.8 Å². The zero-order valence-electron chi connectivity index (χ0n) is 14.7. The first-order valence-corrected chi connectivity index (χ1v) is 9.05. The molecule has 10 heteroatoms. The van der Waals surface area contributed by atoms with Crippen LogP contribution in [0.25, 0.3) is 11.3 Å². The second kappa shape index (κ2) is 8.29. The lowest BCUT2D eigenvalue weighted by Gasteiger charge is -2.11. The van der Waals surface area contributed by atoms with E-state index in [9.17, 15) is 15.3 Å². The Morgan fingerprint density at radius 1 is 1.36 bits per heavy atom. The monoisotopic (exact) mass is 394 g/mol. The number of amides is 1. The minimum Gasteiger partial charge on any atom is -0.464 e. The lowest BCUT2D eigenvalue weighted by molar-refractivity contribution is -0.115. The lowest BCUT2D eigenvalue weighted by atomic mass is 10.0. The topological polar surface area (TPSA) is 155 Å². The zero-order valence-corrected chi connectivity index (χ0v) is 15.5. The molecule has 3 N–H and O–H groups in total. The summed E-state index contributed by atoms with van der Waals surface area (Å²) in [5.41, 5.74) is 6.46. The molecule has 0 atom stereocenters. The molecule has 140 valence electrons. The molecule has 0 bridgehead atoms. The van der Waals surface area contributed by atoms with Crippen LogP contribution in [0.1, 0.15) is 23.3 Å². The van der Waals surface area contributed by atoms with Gasteiger partial charge >= 0.3 is 0 Å². The average Bonchev–Trinajstić information content (AvgIpc) is 3.33. The van der Waals surface area contributed by atoms with Crippen molar-refractivity contribution < 1.29 is 13.7 Å². The van der Waals surface area contributed by atoms with E-state index in [0.29, 0.717) is 33.7 Å². The summed E-state index contributed by atoms with van der Waals surface area (Å²) in [5, 5.41) is 25.7. The van der Waals surface area contributed by atoms with E-state index in [1.807, 2.05) is 6.07 Å². The summed E-state index contributed by atoms with van der Waals surface area (Å²) in [6.07, 6.45) is 1.59. The number of nitrogens with two attached hydrogens (primary N) is 1. The Bertz CT molecular complexity index is 1090. The van der Waals surface area contributed by atoms with Gasteiger partial charge in [0, 0.05) is 18.2 Å². The number of carbonyl (C=O) groups is 1. The molecule has 0 aromatic carbocycles. The highest BCUT2D eigenvalue weighted by atomic mass is 32.2. The third-order valence-electron chi connectivity index (χ3n) is 3.65. The summed E-state index contributed by atoms with van der Waals surface area (Å²) in [6, 6.07) is 8.93. The van der Waals surface area contributed by atoms with Crippen LogP contribution >= 0.6 is 11.8 Å². The standard InChI is InChI=1S/C18H14N6O3S/c1-10-7-14(24-27-10)22-15(25)4-6-28-18-12(9-20)16(13-3-2-5-26-13)11(8-19)17(21)23-18/h2-3,5,7H,4,6H2,1H3,(H2,21,23)(H,22,24,25). The van der Waals surface area contributed by atoms with Gasteiger partial charge in [0.15, 0.2) is 5.82 Å². The number of aryl methyl sites for hydroxylation is 1. The number of hydrogen-bond acceptors (Lipinski definition) is 9. The van der Waals surface area contributed by atoms with E-state index >= 15 is 0 Å². The number of nitrogens with one attached hydrogen (secondary N) is 1. The predicted octanol–water partition coefficient (Wildman–Crippen LogP) is 3.08. The van der Waals surface area contributed by atoms with Crippen LogP contribution in [0.3, 0.4) is 0 Å². The van der Waals surface area contributed by atoms with Crippen LogP contribution in [0.2, 0.25) is 0 Å². The van der Waals surface area contributed by atoms with Crippen molar-refractivity contribution in [3.8, 4) is 23.5 Å². The number of hydrogen-bond donors (Lipinski definition) is 2. The zero-order chi connectivity index (χ0) is 20.1. The molecule has 3 heterocycles. The van der Waals surface area contributed by atoms with Gasteiger partial charge in [0.1, 0.15) is 40.1 Å². The molecule has 0 aliphatic heterocycles. The van der Waals surface area contributed by atoms with Gasteiger partial charge in [0.2, 0.25) is 5.91 Å². The molecule has 0 unspecified atom stereocenters. The van der Waals surface area contributed by atoms with Crippen LogP contribution in [0.15, 0.2) is 38.4 Å². The van der Waals surface area contributed by atoms with E-state index in [2.05, 4.69) is 21.5 Å². The Labute approximate surface area is 164 Å². The normalized spacial score (nSPS) is 10.2. The van der Waals surface area contributed by atoms with E-state index in [0.717, 1.165) is 0 Å². The molecule has 0 radical (unpaired) electrons. The summed E-state index contributed by atoms with van der Waals surface area (Å²) < 4.78 is 10.2. The van der Waals surface area contributed by atoms with Crippen molar-refractivity contribution in [2.45, 2.75) is 18.4 Å². The van der Waals surface area contributed by atoms with Gasteiger partial charge < -0.3 is 20.0 Å². The van der Waals surface area contributed by atoms with E-state index in [-0.39, 0.29) is 29.3 Å². The van der Waals surface area contributed by atoms with Gasteiger partial charge in [-0.05, 0) is 19.1 Å². The maximum absolute atomic E-state index is 12.0. The molecule has 0 aliphatic carbocycles. The minimum absolute atomic E-state index is 0.00192. The second-order valence-electron chi connectivity index (χ2n) is 5.60. The number of nitriles is 2. The predicted molar refractivity (Wildman–Crippen MR) is 101 cm³/mol. The molecule has 0 saturated heterocycles. The van der Waals surface area contributed by atoms with Crippen molar-refractivity contribution in [1.29, 1.82) is 10.5 Å². The SMILES string of the molecule is Cc1cc(NC(=O)CCSc2nc(N)c(C#N)c(-c3ccco3)c2C#N)no1. The second-order valence-corrected chi connectivity index (χ2v) is 6.68. The Kier molecular flexibility index (Phi) is 5.63. The van der Waals surface area contributed by atoms with Gasteiger partial charge in [-0.25, -0.2) is 4.98 Å². The third-order valence-corrected chi connectivity index (χ3v) is 4.62. The minimum atomic E-state index is -0.257. The largest absolute Gasteiger partial charge is 0.464 e. The van der Waals surface area contributed by atoms with Gasteiger partial charge in [-0.15, -0.1) is 11.8 Å². The van der Waals surface area contributed by atoms with Crippen LogP contribution < -0.4 is 11.1 Å². The van der Waals surface area contributed by atoms with Crippen LogP contribution in [0.4, 0.5) is 11.6 Å². The Morgan fingerprint density at radius 2 is 2.14 bits per heavy atom. The number of aromatic nitrogens is 2. The van der Waals surface area contributed by atoms with E-state index < -0.39 is 0 Å². The highest BCUT2D eigenvalue weighted by Gasteiger charge is 2.22. The number of rotatable bonds is 6. The molecular weight excluding hydrogens is 380 g/mol. The maximum Gasteiger partial charge on any atom is 0.226 e. The van der Waals surface area contributed by atoms with Crippen LogP contribution in [0.5, 0.6) is 0 Å². The first-order chi connectivity index (χ1) is 13.5. The van der Waals surface area contributed by atoms with Crippen molar-refractivity contribution in [2.24, 2.45) is 0 Å². The lowest BCUT2D eigenvalue weighted by Crippen LogP contribution is -2.12. The molecule has 0 fully saturated rings. The van der Waals surface area contributed by atoms with Gasteiger partial charge in [-0.2, -0.15) is 10.5 Å². The van der Waals surface area contributed by atoms with Crippen molar-refractivity contribution >= 4 is 29.3 Å². The highest BCUT2D eigenvalue weighted by Crippen LogP contribution is 2.35. The number of carbonyl (C=O) groups excluding carboxylic acids is 1. The van der Waals surface area contributed by atoms with Gasteiger partial charge in [0.25, 0.3) is 0 Å².